The first-order valence-corrected chi connectivity index (χ1v) is 5.33. The van der Waals surface area contributed by atoms with Crippen LogP contribution < -0.4 is 10.5 Å². The van der Waals surface area contributed by atoms with Gasteiger partial charge in [-0.2, -0.15) is 0 Å². The number of benzene rings is 1. The Balaban J connectivity index is 2.27. The van der Waals surface area contributed by atoms with E-state index in [0.717, 1.165) is 31.6 Å². The highest BCUT2D eigenvalue weighted by Crippen LogP contribution is 2.36. The third-order valence-electron chi connectivity index (χ3n) is 2.71. The minimum atomic E-state index is 0.179. The molecule has 2 nitrogen and oxygen atoms in total. The minimum Gasteiger partial charge on any atom is -0.493 e. The van der Waals surface area contributed by atoms with E-state index in [9.17, 15) is 0 Å². The molecular formula is C12H17NO. The zero-order chi connectivity index (χ0) is 9.97. The molecule has 0 aromatic heterocycles. The van der Waals surface area contributed by atoms with E-state index >= 15 is 0 Å². The number of hydrogen-bond acceptors (Lipinski definition) is 2. The average molecular weight is 191 g/mol. The monoisotopic (exact) mass is 191 g/mol. The lowest BCUT2D eigenvalue weighted by atomic mass is 10.1. The van der Waals surface area contributed by atoms with Gasteiger partial charge in [0.05, 0.1) is 6.61 Å². The van der Waals surface area contributed by atoms with Crippen molar-refractivity contribution in [2.45, 2.75) is 32.2 Å². The fourth-order valence-electron chi connectivity index (χ4n) is 2.02. The van der Waals surface area contributed by atoms with E-state index in [1.807, 2.05) is 6.07 Å². The van der Waals surface area contributed by atoms with Crippen LogP contribution >= 0.6 is 0 Å². The molecule has 2 N–H and O–H groups in total. The van der Waals surface area contributed by atoms with Crippen molar-refractivity contribution in [1.29, 1.82) is 0 Å². The molecule has 1 aromatic rings. The van der Waals surface area contributed by atoms with E-state index in [-0.39, 0.29) is 6.04 Å². The lowest BCUT2D eigenvalue weighted by Gasteiger charge is -2.12. The first-order valence-electron chi connectivity index (χ1n) is 5.33. The fraction of sp³-hybridized carbons (Fsp3) is 0.500. The summed E-state index contributed by atoms with van der Waals surface area (Å²) >= 11 is 0. The zero-order valence-electron chi connectivity index (χ0n) is 8.62. The van der Waals surface area contributed by atoms with Crippen LogP contribution in [0.4, 0.5) is 0 Å². The summed E-state index contributed by atoms with van der Waals surface area (Å²) in [5.41, 5.74) is 8.64. The number of aryl methyl sites for hydroxylation is 1. The lowest BCUT2D eigenvalue weighted by molar-refractivity contribution is 0.313. The van der Waals surface area contributed by atoms with Gasteiger partial charge in [0.25, 0.3) is 0 Å². The average Bonchev–Trinajstić information content (AvgIpc) is 2.58. The first kappa shape index (κ1) is 9.53. The van der Waals surface area contributed by atoms with Crippen molar-refractivity contribution < 1.29 is 4.74 Å². The minimum absolute atomic E-state index is 0.179. The molecule has 0 saturated heterocycles. The summed E-state index contributed by atoms with van der Waals surface area (Å²) in [6.45, 7) is 2.90. The Morgan fingerprint density at radius 2 is 2.36 bits per heavy atom. The molecule has 0 fully saturated rings. The van der Waals surface area contributed by atoms with Gasteiger partial charge in [-0.05, 0) is 30.9 Å². The molecule has 0 spiro atoms. The van der Waals surface area contributed by atoms with Crippen molar-refractivity contribution in [2.24, 2.45) is 5.73 Å². The molecular weight excluding hydrogens is 174 g/mol. The van der Waals surface area contributed by atoms with Gasteiger partial charge in [-0.25, -0.2) is 0 Å². The van der Waals surface area contributed by atoms with E-state index in [4.69, 9.17) is 10.5 Å². The second kappa shape index (κ2) is 4.01. The SMILES string of the molecule is CCCOc1cccc2c1[C@@H](N)CC2. The van der Waals surface area contributed by atoms with Crippen molar-refractivity contribution in [3.8, 4) is 5.75 Å². The summed E-state index contributed by atoms with van der Waals surface area (Å²) in [4.78, 5) is 0. The maximum atomic E-state index is 6.04. The van der Waals surface area contributed by atoms with E-state index in [0.29, 0.717) is 0 Å². The van der Waals surface area contributed by atoms with Crippen LogP contribution in [0.15, 0.2) is 18.2 Å². The summed E-state index contributed by atoms with van der Waals surface area (Å²) in [7, 11) is 0. The molecule has 0 bridgehead atoms. The molecule has 76 valence electrons. The highest BCUT2D eigenvalue weighted by Gasteiger charge is 2.22. The Bertz CT molecular complexity index is 322. The quantitative estimate of drug-likeness (QED) is 0.796. The van der Waals surface area contributed by atoms with Crippen LogP contribution in [0.3, 0.4) is 0 Å². The van der Waals surface area contributed by atoms with Crippen molar-refractivity contribution >= 4 is 0 Å². The molecule has 1 aliphatic carbocycles. The Morgan fingerprint density at radius 3 is 3.14 bits per heavy atom. The summed E-state index contributed by atoms with van der Waals surface area (Å²) in [5, 5.41) is 0. The smallest absolute Gasteiger partial charge is 0.124 e. The van der Waals surface area contributed by atoms with E-state index in [1.165, 1.54) is 11.1 Å². The van der Waals surface area contributed by atoms with Gasteiger partial charge in [0.15, 0.2) is 0 Å². The highest BCUT2D eigenvalue weighted by atomic mass is 16.5. The molecule has 2 rings (SSSR count). The molecule has 0 amide bonds. The number of nitrogens with two attached hydrogens (primary N) is 1. The maximum Gasteiger partial charge on any atom is 0.124 e. The molecule has 1 aromatic carbocycles. The van der Waals surface area contributed by atoms with Gasteiger partial charge >= 0.3 is 0 Å². The Labute approximate surface area is 85.1 Å². The Hall–Kier alpha value is -1.02. The van der Waals surface area contributed by atoms with Crippen molar-refractivity contribution in [1.82, 2.24) is 0 Å². The summed E-state index contributed by atoms with van der Waals surface area (Å²) in [6.07, 6.45) is 3.20. The summed E-state index contributed by atoms with van der Waals surface area (Å²) < 4.78 is 5.69. The zero-order valence-corrected chi connectivity index (χ0v) is 8.62. The van der Waals surface area contributed by atoms with Crippen LogP contribution in [-0.2, 0) is 6.42 Å². The van der Waals surface area contributed by atoms with Crippen LogP contribution in [0.25, 0.3) is 0 Å². The molecule has 2 heteroatoms. The number of fused-ring (bicyclic) bond motifs is 1. The van der Waals surface area contributed by atoms with E-state index < -0.39 is 0 Å². The molecule has 0 heterocycles. The summed E-state index contributed by atoms with van der Waals surface area (Å²) in [6, 6.07) is 6.42. The van der Waals surface area contributed by atoms with Gasteiger partial charge in [-0.1, -0.05) is 19.1 Å². The molecule has 0 unspecified atom stereocenters. The Morgan fingerprint density at radius 1 is 1.50 bits per heavy atom. The molecule has 1 aliphatic rings. The van der Waals surface area contributed by atoms with E-state index in [2.05, 4.69) is 19.1 Å². The van der Waals surface area contributed by atoms with Gasteiger partial charge in [-0.15, -0.1) is 0 Å². The largest absolute Gasteiger partial charge is 0.493 e. The van der Waals surface area contributed by atoms with Gasteiger partial charge in [0.2, 0.25) is 0 Å². The van der Waals surface area contributed by atoms with Crippen molar-refractivity contribution in [3.05, 3.63) is 29.3 Å². The summed E-state index contributed by atoms with van der Waals surface area (Å²) in [5.74, 6) is 0.995. The van der Waals surface area contributed by atoms with Crippen LogP contribution in [0, 0.1) is 0 Å². The second-order valence-electron chi connectivity index (χ2n) is 3.82. The number of ether oxygens (including phenoxy) is 1. The Kier molecular flexibility index (Phi) is 2.73. The first-order chi connectivity index (χ1) is 6.83. The predicted octanol–water partition coefficient (Wildman–Crippen LogP) is 2.42. The highest BCUT2D eigenvalue weighted by molar-refractivity contribution is 5.45. The van der Waals surface area contributed by atoms with Crippen LogP contribution in [-0.4, -0.2) is 6.61 Å². The molecule has 0 radical (unpaired) electrons. The topological polar surface area (TPSA) is 35.2 Å². The van der Waals surface area contributed by atoms with Gasteiger partial charge < -0.3 is 10.5 Å². The molecule has 0 aliphatic heterocycles. The number of hydrogen-bond donors (Lipinski definition) is 1. The van der Waals surface area contributed by atoms with Gasteiger partial charge in [0, 0.05) is 11.6 Å². The van der Waals surface area contributed by atoms with Gasteiger partial charge in [-0.3, -0.25) is 0 Å². The van der Waals surface area contributed by atoms with Crippen molar-refractivity contribution in [3.63, 3.8) is 0 Å². The predicted molar refractivity (Wildman–Crippen MR) is 57.5 cm³/mol. The van der Waals surface area contributed by atoms with Crippen molar-refractivity contribution in [2.75, 3.05) is 6.61 Å². The van der Waals surface area contributed by atoms with Gasteiger partial charge in [0.1, 0.15) is 5.75 Å². The molecule has 14 heavy (non-hydrogen) atoms. The molecule has 0 saturated carbocycles. The van der Waals surface area contributed by atoms with E-state index in [1.54, 1.807) is 0 Å². The normalized spacial score (nSPS) is 19.4. The lowest BCUT2D eigenvalue weighted by Crippen LogP contribution is -2.08. The third-order valence-corrected chi connectivity index (χ3v) is 2.71. The maximum absolute atomic E-state index is 6.04. The third kappa shape index (κ3) is 1.62. The van der Waals surface area contributed by atoms with Crippen LogP contribution in [0.5, 0.6) is 5.75 Å². The van der Waals surface area contributed by atoms with Crippen LogP contribution in [0.1, 0.15) is 36.9 Å². The standard InChI is InChI=1S/C12H17NO/c1-2-8-14-11-5-3-4-9-6-7-10(13)12(9)11/h3-5,10H,2,6-8,13H2,1H3/t10-/m0/s1. The van der Waals surface area contributed by atoms with Crippen LogP contribution in [0.2, 0.25) is 0 Å². The molecule has 1 atom stereocenters. The number of rotatable bonds is 3. The fourth-order valence-corrected chi connectivity index (χ4v) is 2.02. The second-order valence-corrected chi connectivity index (χ2v) is 3.82.